The highest BCUT2D eigenvalue weighted by atomic mass is 16.2. The Morgan fingerprint density at radius 2 is 1.75 bits per heavy atom. The minimum absolute atomic E-state index is 0.0470. The first-order valence-corrected chi connectivity index (χ1v) is 7.44. The zero-order valence-electron chi connectivity index (χ0n) is 13.5. The summed E-state index contributed by atoms with van der Waals surface area (Å²) in [4.78, 5) is 27.5. The third kappa shape index (κ3) is 5.49. The predicted octanol–water partition coefficient (Wildman–Crippen LogP) is 1.09. The van der Waals surface area contributed by atoms with E-state index in [1.165, 1.54) is 0 Å². The van der Waals surface area contributed by atoms with Crippen molar-refractivity contribution in [2.75, 3.05) is 33.7 Å². The second-order valence-corrected chi connectivity index (χ2v) is 6.81. The Labute approximate surface area is 122 Å². The fraction of sp³-hybridized carbons (Fsp3) is 0.867. The van der Waals surface area contributed by atoms with Crippen LogP contribution in [0.1, 0.15) is 40.0 Å². The van der Waals surface area contributed by atoms with Gasteiger partial charge >= 0.3 is 0 Å². The van der Waals surface area contributed by atoms with E-state index in [4.69, 9.17) is 0 Å². The Morgan fingerprint density at radius 3 is 2.20 bits per heavy atom. The number of carbonyl (C=O) groups excluding carboxylic acids is 2. The highest BCUT2D eigenvalue weighted by Crippen LogP contribution is 2.19. The van der Waals surface area contributed by atoms with E-state index in [1.807, 2.05) is 4.90 Å². The standard InChI is InChI=1S/C15H29N3O2/c1-15(2,3)16-9-6-13(19)18-10-7-12(8-11-18)14(20)17(4)5/h12,16H,6-11H2,1-5H3. The normalized spacial score (nSPS) is 17.1. The lowest BCUT2D eigenvalue weighted by molar-refractivity contribution is -0.139. The molecule has 2 amide bonds. The summed E-state index contributed by atoms with van der Waals surface area (Å²) in [6.45, 7) is 8.40. The quantitative estimate of drug-likeness (QED) is 0.840. The molecule has 0 unspecified atom stereocenters. The van der Waals surface area contributed by atoms with Gasteiger partial charge < -0.3 is 15.1 Å². The average molecular weight is 283 g/mol. The molecule has 116 valence electrons. The van der Waals surface area contributed by atoms with Crippen LogP contribution >= 0.6 is 0 Å². The number of nitrogens with zero attached hydrogens (tertiary/aromatic N) is 2. The summed E-state index contributed by atoms with van der Waals surface area (Å²) in [5, 5.41) is 3.33. The van der Waals surface area contributed by atoms with Crippen LogP contribution in [0.5, 0.6) is 0 Å². The Bertz CT molecular complexity index is 340. The second kappa shape index (κ2) is 7.07. The van der Waals surface area contributed by atoms with Crippen LogP contribution < -0.4 is 5.32 Å². The predicted molar refractivity (Wildman–Crippen MR) is 80.4 cm³/mol. The van der Waals surface area contributed by atoms with Crippen molar-refractivity contribution in [3.63, 3.8) is 0 Å². The molecule has 1 rings (SSSR count). The van der Waals surface area contributed by atoms with Gasteiger partial charge in [-0.05, 0) is 33.6 Å². The summed E-state index contributed by atoms with van der Waals surface area (Å²) in [5.74, 6) is 0.464. The molecular formula is C15H29N3O2. The number of amides is 2. The van der Waals surface area contributed by atoms with Gasteiger partial charge in [0.2, 0.25) is 11.8 Å². The molecule has 1 N–H and O–H groups in total. The number of rotatable bonds is 4. The van der Waals surface area contributed by atoms with Crippen LogP contribution in [0.2, 0.25) is 0 Å². The molecule has 1 aliphatic heterocycles. The summed E-state index contributed by atoms with van der Waals surface area (Å²) < 4.78 is 0. The van der Waals surface area contributed by atoms with E-state index < -0.39 is 0 Å². The van der Waals surface area contributed by atoms with Crippen molar-refractivity contribution in [2.24, 2.45) is 5.92 Å². The first-order valence-electron chi connectivity index (χ1n) is 7.44. The van der Waals surface area contributed by atoms with Gasteiger partial charge in [-0.3, -0.25) is 9.59 Å². The van der Waals surface area contributed by atoms with E-state index in [2.05, 4.69) is 26.1 Å². The lowest BCUT2D eigenvalue weighted by Crippen LogP contribution is -2.44. The minimum atomic E-state index is 0.0470. The zero-order valence-corrected chi connectivity index (χ0v) is 13.5. The Kier molecular flexibility index (Phi) is 5.99. The topological polar surface area (TPSA) is 52.7 Å². The molecule has 0 bridgehead atoms. The number of likely N-dealkylation sites (tertiary alicyclic amines) is 1. The minimum Gasteiger partial charge on any atom is -0.349 e. The highest BCUT2D eigenvalue weighted by Gasteiger charge is 2.27. The van der Waals surface area contributed by atoms with Gasteiger partial charge in [0.1, 0.15) is 0 Å². The van der Waals surface area contributed by atoms with Crippen LogP contribution in [0.25, 0.3) is 0 Å². The molecular weight excluding hydrogens is 254 g/mol. The fourth-order valence-corrected chi connectivity index (χ4v) is 2.44. The maximum absolute atomic E-state index is 12.1. The van der Waals surface area contributed by atoms with Crippen molar-refractivity contribution in [2.45, 2.75) is 45.6 Å². The first kappa shape index (κ1) is 17.0. The highest BCUT2D eigenvalue weighted by molar-refractivity contribution is 5.79. The largest absolute Gasteiger partial charge is 0.349 e. The average Bonchev–Trinajstić information content (AvgIpc) is 2.36. The molecule has 1 heterocycles. The van der Waals surface area contributed by atoms with E-state index in [9.17, 15) is 9.59 Å². The molecule has 5 heteroatoms. The van der Waals surface area contributed by atoms with E-state index in [0.717, 1.165) is 12.8 Å². The van der Waals surface area contributed by atoms with Gasteiger partial charge in [-0.25, -0.2) is 0 Å². The Balaban J connectivity index is 2.31. The van der Waals surface area contributed by atoms with Crippen LogP contribution in [0, 0.1) is 5.92 Å². The van der Waals surface area contributed by atoms with Gasteiger partial charge in [-0.1, -0.05) is 0 Å². The van der Waals surface area contributed by atoms with Gasteiger partial charge in [0, 0.05) is 51.6 Å². The Morgan fingerprint density at radius 1 is 1.20 bits per heavy atom. The first-order chi connectivity index (χ1) is 9.20. The maximum atomic E-state index is 12.1. The molecule has 5 nitrogen and oxygen atoms in total. The van der Waals surface area contributed by atoms with E-state index in [1.54, 1.807) is 19.0 Å². The number of nitrogens with one attached hydrogen (secondary N) is 1. The molecule has 0 saturated carbocycles. The third-order valence-corrected chi connectivity index (χ3v) is 3.63. The molecule has 0 aromatic rings. The SMILES string of the molecule is CN(C)C(=O)C1CCN(C(=O)CCNC(C)(C)C)CC1. The van der Waals surface area contributed by atoms with Crippen LogP contribution in [-0.4, -0.2) is 60.9 Å². The van der Waals surface area contributed by atoms with Crippen molar-refractivity contribution in [1.29, 1.82) is 0 Å². The van der Waals surface area contributed by atoms with E-state index in [0.29, 0.717) is 26.1 Å². The molecule has 0 aliphatic carbocycles. The van der Waals surface area contributed by atoms with Crippen molar-refractivity contribution < 1.29 is 9.59 Å². The maximum Gasteiger partial charge on any atom is 0.225 e. The van der Waals surface area contributed by atoms with E-state index >= 15 is 0 Å². The molecule has 0 radical (unpaired) electrons. The van der Waals surface area contributed by atoms with Crippen LogP contribution in [-0.2, 0) is 9.59 Å². The molecule has 1 saturated heterocycles. The summed E-state index contributed by atoms with van der Waals surface area (Å²) >= 11 is 0. The molecule has 0 aromatic heterocycles. The van der Waals surface area contributed by atoms with Gasteiger partial charge in [-0.15, -0.1) is 0 Å². The molecule has 1 fully saturated rings. The lowest BCUT2D eigenvalue weighted by atomic mass is 9.95. The zero-order chi connectivity index (χ0) is 15.3. The van der Waals surface area contributed by atoms with Gasteiger partial charge in [0.25, 0.3) is 0 Å². The molecule has 1 aliphatic rings. The van der Waals surface area contributed by atoms with Crippen molar-refractivity contribution in [3.8, 4) is 0 Å². The van der Waals surface area contributed by atoms with Crippen LogP contribution in [0.3, 0.4) is 0 Å². The summed E-state index contributed by atoms with van der Waals surface area (Å²) in [6, 6.07) is 0. The van der Waals surface area contributed by atoms with Crippen LogP contribution in [0.15, 0.2) is 0 Å². The van der Waals surface area contributed by atoms with Crippen molar-refractivity contribution >= 4 is 11.8 Å². The van der Waals surface area contributed by atoms with Crippen molar-refractivity contribution in [1.82, 2.24) is 15.1 Å². The number of carbonyl (C=O) groups is 2. The molecule has 0 spiro atoms. The Hall–Kier alpha value is -1.10. The van der Waals surface area contributed by atoms with Crippen molar-refractivity contribution in [3.05, 3.63) is 0 Å². The molecule has 20 heavy (non-hydrogen) atoms. The second-order valence-electron chi connectivity index (χ2n) is 6.81. The third-order valence-electron chi connectivity index (χ3n) is 3.63. The molecule has 0 aromatic carbocycles. The number of hydrogen-bond donors (Lipinski definition) is 1. The number of hydrogen-bond acceptors (Lipinski definition) is 3. The molecule has 0 atom stereocenters. The van der Waals surface area contributed by atoms with Gasteiger partial charge in [0.15, 0.2) is 0 Å². The summed E-state index contributed by atoms with van der Waals surface area (Å²) in [7, 11) is 3.58. The summed E-state index contributed by atoms with van der Waals surface area (Å²) in [6.07, 6.45) is 2.11. The summed E-state index contributed by atoms with van der Waals surface area (Å²) in [5.41, 5.74) is 0.0470. The van der Waals surface area contributed by atoms with Gasteiger partial charge in [-0.2, -0.15) is 0 Å². The van der Waals surface area contributed by atoms with E-state index in [-0.39, 0.29) is 23.3 Å². The monoisotopic (exact) mass is 283 g/mol. The van der Waals surface area contributed by atoms with Crippen LogP contribution in [0.4, 0.5) is 0 Å². The van der Waals surface area contributed by atoms with Gasteiger partial charge in [0.05, 0.1) is 0 Å². The smallest absolute Gasteiger partial charge is 0.225 e. The fourth-order valence-electron chi connectivity index (χ4n) is 2.44. The lowest BCUT2D eigenvalue weighted by Gasteiger charge is -2.32. The number of piperidine rings is 1.